The summed E-state index contributed by atoms with van der Waals surface area (Å²) in [5, 5.41) is 22.1. The van der Waals surface area contributed by atoms with Crippen LogP contribution in [0.2, 0.25) is 0 Å². The third kappa shape index (κ3) is 6.17. The summed E-state index contributed by atoms with van der Waals surface area (Å²) >= 11 is 1.91. The quantitative estimate of drug-likeness (QED) is 0.603. The number of aromatic hydroxyl groups is 2. The minimum atomic E-state index is 0.102. The molecule has 3 nitrogen and oxygen atoms in total. The van der Waals surface area contributed by atoms with Gasteiger partial charge >= 0.3 is 0 Å². The minimum absolute atomic E-state index is 0.102. The van der Waals surface area contributed by atoms with Crippen LogP contribution in [0, 0.1) is 0 Å². The monoisotopic (exact) mass is 269 g/mol. The number of thioether (sulfide) groups is 1. The van der Waals surface area contributed by atoms with E-state index in [2.05, 4.69) is 11.6 Å². The smallest absolute Gasteiger partial charge is 0.123 e. The molecule has 0 amide bonds. The first-order valence-electron chi connectivity index (χ1n) is 6.44. The lowest BCUT2D eigenvalue weighted by atomic mass is 10.2. The van der Waals surface area contributed by atoms with Gasteiger partial charge in [-0.2, -0.15) is 11.8 Å². The topological polar surface area (TPSA) is 52.5 Å². The predicted octanol–water partition coefficient (Wildman–Crippen LogP) is 3.11. The molecule has 18 heavy (non-hydrogen) atoms. The third-order valence-corrected chi connectivity index (χ3v) is 3.53. The zero-order chi connectivity index (χ0) is 13.2. The van der Waals surface area contributed by atoms with Gasteiger partial charge in [-0.05, 0) is 37.5 Å². The van der Waals surface area contributed by atoms with Gasteiger partial charge in [0.05, 0.1) is 0 Å². The van der Waals surface area contributed by atoms with Crippen LogP contribution >= 0.6 is 11.8 Å². The van der Waals surface area contributed by atoms with Crippen molar-refractivity contribution in [2.45, 2.75) is 32.2 Å². The summed E-state index contributed by atoms with van der Waals surface area (Å²) in [4.78, 5) is 0. The Morgan fingerprint density at radius 3 is 2.61 bits per heavy atom. The zero-order valence-electron chi connectivity index (χ0n) is 11.0. The second-order valence-corrected chi connectivity index (χ2v) is 5.38. The zero-order valence-corrected chi connectivity index (χ0v) is 11.8. The number of phenolic OH excluding ortho intramolecular Hbond substituents is 2. The van der Waals surface area contributed by atoms with Crippen molar-refractivity contribution in [2.24, 2.45) is 0 Å². The van der Waals surface area contributed by atoms with Crippen molar-refractivity contribution in [3.05, 3.63) is 23.8 Å². The maximum Gasteiger partial charge on any atom is 0.123 e. The molecule has 0 fully saturated rings. The van der Waals surface area contributed by atoms with Gasteiger partial charge in [0.15, 0.2) is 0 Å². The molecule has 0 saturated heterocycles. The summed E-state index contributed by atoms with van der Waals surface area (Å²) in [6.07, 6.45) is 7.18. The van der Waals surface area contributed by atoms with Gasteiger partial charge in [-0.15, -0.1) is 0 Å². The van der Waals surface area contributed by atoms with E-state index in [4.69, 9.17) is 5.11 Å². The molecule has 102 valence electrons. The Morgan fingerprint density at radius 1 is 1.11 bits per heavy atom. The van der Waals surface area contributed by atoms with E-state index >= 15 is 0 Å². The highest BCUT2D eigenvalue weighted by atomic mass is 32.2. The number of hydrogen-bond donors (Lipinski definition) is 3. The van der Waals surface area contributed by atoms with Crippen molar-refractivity contribution in [3.63, 3.8) is 0 Å². The molecule has 0 atom stereocenters. The first-order chi connectivity index (χ1) is 8.74. The SMILES string of the molecule is CSCCCCCCNCc1ccc(O)cc1O. The summed E-state index contributed by atoms with van der Waals surface area (Å²) in [6.45, 7) is 1.62. The molecule has 3 N–H and O–H groups in total. The van der Waals surface area contributed by atoms with Crippen molar-refractivity contribution in [1.82, 2.24) is 5.32 Å². The summed E-state index contributed by atoms with van der Waals surface area (Å²) in [6, 6.07) is 4.72. The van der Waals surface area contributed by atoms with Crippen molar-refractivity contribution in [2.75, 3.05) is 18.6 Å². The summed E-state index contributed by atoms with van der Waals surface area (Å²) in [7, 11) is 0. The molecule has 1 aromatic rings. The molecule has 0 aliphatic heterocycles. The molecular weight excluding hydrogens is 246 g/mol. The Morgan fingerprint density at radius 2 is 1.89 bits per heavy atom. The van der Waals surface area contributed by atoms with Crippen molar-refractivity contribution in [1.29, 1.82) is 0 Å². The van der Waals surface area contributed by atoms with Gasteiger partial charge in [-0.1, -0.05) is 18.9 Å². The number of benzene rings is 1. The van der Waals surface area contributed by atoms with Crippen LogP contribution in [-0.2, 0) is 6.54 Å². The lowest BCUT2D eigenvalue weighted by molar-refractivity contribution is 0.443. The highest BCUT2D eigenvalue weighted by Gasteiger charge is 2.01. The predicted molar refractivity (Wildman–Crippen MR) is 78.3 cm³/mol. The molecule has 0 aliphatic carbocycles. The van der Waals surface area contributed by atoms with E-state index in [1.165, 1.54) is 37.5 Å². The maximum absolute atomic E-state index is 9.59. The van der Waals surface area contributed by atoms with Crippen molar-refractivity contribution in [3.8, 4) is 11.5 Å². The van der Waals surface area contributed by atoms with Crippen LogP contribution in [0.4, 0.5) is 0 Å². The Bertz CT molecular complexity index is 345. The minimum Gasteiger partial charge on any atom is -0.508 e. The van der Waals surface area contributed by atoms with Crippen molar-refractivity contribution < 1.29 is 10.2 Å². The Hall–Kier alpha value is -0.870. The van der Waals surface area contributed by atoms with Gasteiger partial charge in [0, 0.05) is 18.2 Å². The van der Waals surface area contributed by atoms with Gasteiger partial charge < -0.3 is 15.5 Å². The standard InChI is InChI=1S/C14H23NO2S/c1-18-9-5-3-2-4-8-15-11-12-6-7-13(16)10-14(12)17/h6-7,10,15-17H,2-5,8-9,11H2,1H3. The Balaban J connectivity index is 2.07. The number of unbranched alkanes of at least 4 members (excludes halogenated alkanes) is 3. The van der Waals surface area contributed by atoms with Crippen LogP contribution < -0.4 is 5.32 Å². The molecule has 1 aromatic carbocycles. The second-order valence-electron chi connectivity index (χ2n) is 4.40. The normalized spacial score (nSPS) is 10.7. The maximum atomic E-state index is 9.59. The molecule has 0 spiro atoms. The van der Waals surface area contributed by atoms with E-state index in [9.17, 15) is 5.11 Å². The van der Waals surface area contributed by atoms with Crippen LogP contribution in [0.3, 0.4) is 0 Å². The number of phenols is 2. The molecule has 0 bridgehead atoms. The molecule has 4 heteroatoms. The van der Waals surface area contributed by atoms with E-state index < -0.39 is 0 Å². The molecule has 0 heterocycles. The van der Waals surface area contributed by atoms with Gasteiger partial charge in [0.1, 0.15) is 11.5 Å². The first kappa shape index (κ1) is 15.2. The van der Waals surface area contributed by atoms with E-state index in [1.54, 1.807) is 12.1 Å². The lowest BCUT2D eigenvalue weighted by Gasteiger charge is -2.07. The molecular formula is C14H23NO2S. The molecule has 1 rings (SSSR count). The fourth-order valence-electron chi connectivity index (χ4n) is 1.77. The van der Waals surface area contributed by atoms with E-state index in [-0.39, 0.29) is 11.5 Å². The van der Waals surface area contributed by atoms with Crippen LogP contribution in [0.15, 0.2) is 18.2 Å². The highest BCUT2D eigenvalue weighted by Crippen LogP contribution is 2.22. The molecule has 0 saturated carbocycles. The largest absolute Gasteiger partial charge is 0.508 e. The summed E-state index contributed by atoms with van der Waals surface area (Å²) in [5.41, 5.74) is 0.829. The fraction of sp³-hybridized carbons (Fsp3) is 0.571. The van der Waals surface area contributed by atoms with Gasteiger partial charge in [0.25, 0.3) is 0 Å². The molecule has 0 aliphatic rings. The van der Waals surface area contributed by atoms with Gasteiger partial charge in [0.2, 0.25) is 0 Å². The molecule has 0 radical (unpaired) electrons. The van der Waals surface area contributed by atoms with Crippen LogP contribution in [0.5, 0.6) is 11.5 Å². The van der Waals surface area contributed by atoms with Crippen molar-refractivity contribution >= 4 is 11.8 Å². The van der Waals surface area contributed by atoms with Crippen LogP contribution in [0.1, 0.15) is 31.2 Å². The second kappa shape index (κ2) is 9.11. The number of nitrogens with one attached hydrogen (secondary N) is 1. The molecule has 0 aromatic heterocycles. The summed E-state index contributed by atoms with van der Waals surface area (Å²) in [5.74, 6) is 1.52. The summed E-state index contributed by atoms with van der Waals surface area (Å²) < 4.78 is 0. The average Bonchev–Trinajstić information content (AvgIpc) is 2.35. The fourth-order valence-corrected chi connectivity index (χ4v) is 2.27. The van der Waals surface area contributed by atoms with E-state index in [0.29, 0.717) is 6.54 Å². The lowest BCUT2D eigenvalue weighted by Crippen LogP contribution is -2.14. The number of rotatable bonds is 9. The highest BCUT2D eigenvalue weighted by molar-refractivity contribution is 7.98. The van der Waals surface area contributed by atoms with E-state index in [1.807, 2.05) is 11.8 Å². The third-order valence-electron chi connectivity index (χ3n) is 2.84. The Kier molecular flexibility index (Phi) is 7.69. The first-order valence-corrected chi connectivity index (χ1v) is 7.84. The molecule has 0 unspecified atom stereocenters. The van der Waals surface area contributed by atoms with Crippen LogP contribution in [-0.4, -0.2) is 28.8 Å². The Labute approximate surface area is 114 Å². The van der Waals surface area contributed by atoms with Gasteiger partial charge in [-0.25, -0.2) is 0 Å². The number of hydrogen-bond acceptors (Lipinski definition) is 4. The van der Waals surface area contributed by atoms with Gasteiger partial charge in [-0.3, -0.25) is 0 Å². The average molecular weight is 269 g/mol. The van der Waals surface area contributed by atoms with E-state index in [0.717, 1.165) is 12.1 Å². The van der Waals surface area contributed by atoms with Crippen LogP contribution in [0.25, 0.3) is 0 Å².